The molecule has 5 rings (SSSR count). The summed E-state index contributed by atoms with van der Waals surface area (Å²) in [7, 11) is 0. The van der Waals surface area contributed by atoms with Crippen LogP contribution in [0.4, 0.5) is 14.9 Å². The Balaban J connectivity index is 1.18. The number of carbonyl (C=O) groups excluding carboxylic acids is 2. The van der Waals surface area contributed by atoms with Crippen molar-refractivity contribution in [3.63, 3.8) is 0 Å². The number of likely N-dealkylation sites (tertiary alicyclic amines) is 1. The zero-order valence-electron chi connectivity index (χ0n) is 15.5. The highest BCUT2D eigenvalue weighted by atomic mass is 19.1. The second kappa shape index (κ2) is 6.84. The SMILES string of the molecule is O=C(Nc1cccc2cnccc12)NC1C2CN(C(=O)c3cccc(F)c3)CC21. The molecule has 2 fully saturated rings. The van der Waals surface area contributed by atoms with Crippen molar-refractivity contribution in [2.75, 3.05) is 18.4 Å². The lowest BCUT2D eigenvalue weighted by atomic mass is 10.1. The van der Waals surface area contributed by atoms with E-state index in [1.54, 1.807) is 23.4 Å². The molecule has 2 unspecified atom stereocenters. The number of pyridine rings is 1. The first-order valence-corrected chi connectivity index (χ1v) is 9.55. The summed E-state index contributed by atoms with van der Waals surface area (Å²) in [6.07, 6.45) is 3.45. The average molecular weight is 390 g/mol. The van der Waals surface area contributed by atoms with Gasteiger partial charge in [0, 0.05) is 59.7 Å². The predicted molar refractivity (Wildman–Crippen MR) is 107 cm³/mol. The van der Waals surface area contributed by atoms with Crippen molar-refractivity contribution in [1.82, 2.24) is 15.2 Å². The number of nitrogens with one attached hydrogen (secondary N) is 2. The first-order valence-electron chi connectivity index (χ1n) is 9.55. The van der Waals surface area contributed by atoms with E-state index in [1.165, 1.54) is 18.2 Å². The van der Waals surface area contributed by atoms with Gasteiger partial charge in [-0.15, -0.1) is 0 Å². The van der Waals surface area contributed by atoms with Crippen LogP contribution in [0.5, 0.6) is 0 Å². The molecule has 2 aliphatic rings. The van der Waals surface area contributed by atoms with Crippen molar-refractivity contribution < 1.29 is 14.0 Å². The summed E-state index contributed by atoms with van der Waals surface area (Å²) in [4.78, 5) is 30.8. The van der Waals surface area contributed by atoms with E-state index < -0.39 is 5.82 Å². The Morgan fingerprint density at radius 3 is 2.66 bits per heavy atom. The van der Waals surface area contributed by atoms with Crippen molar-refractivity contribution in [3.8, 4) is 0 Å². The average Bonchev–Trinajstić information content (AvgIpc) is 3.16. The number of hydrogen-bond acceptors (Lipinski definition) is 3. The van der Waals surface area contributed by atoms with Crippen molar-refractivity contribution in [2.45, 2.75) is 6.04 Å². The number of amides is 3. The Bertz CT molecular complexity index is 1100. The lowest BCUT2D eigenvalue weighted by Gasteiger charge is -2.20. The summed E-state index contributed by atoms with van der Waals surface area (Å²) in [6.45, 7) is 1.15. The third-order valence-corrected chi connectivity index (χ3v) is 5.78. The Labute approximate surface area is 166 Å². The van der Waals surface area contributed by atoms with Crippen LogP contribution in [0.1, 0.15) is 10.4 Å². The monoisotopic (exact) mass is 390 g/mol. The Morgan fingerprint density at radius 1 is 1.07 bits per heavy atom. The van der Waals surface area contributed by atoms with Crippen LogP contribution in [-0.4, -0.2) is 41.0 Å². The number of rotatable bonds is 3. The standard InChI is InChI=1S/C22H19FN4O2/c23-15-5-1-3-13(9-15)21(28)27-11-17-18(12-27)20(17)26-22(29)25-19-6-2-4-14-10-24-8-7-16(14)19/h1-10,17-18,20H,11-12H2,(H2,25,26,29). The number of urea groups is 1. The third kappa shape index (κ3) is 3.29. The van der Waals surface area contributed by atoms with Gasteiger partial charge in [-0.1, -0.05) is 18.2 Å². The molecule has 6 nitrogen and oxygen atoms in total. The minimum Gasteiger partial charge on any atom is -0.338 e. The van der Waals surface area contributed by atoms with E-state index in [1.807, 2.05) is 24.3 Å². The topological polar surface area (TPSA) is 74.3 Å². The zero-order chi connectivity index (χ0) is 20.0. The first kappa shape index (κ1) is 17.6. The van der Waals surface area contributed by atoms with Crippen LogP contribution in [0.2, 0.25) is 0 Å². The van der Waals surface area contributed by atoms with Gasteiger partial charge >= 0.3 is 6.03 Å². The van der Waals surface area contributed by atoms with Crippen LogP contribution in [0.25, 0.3) is 10.8 Å². The molecule has 2 atom stereocenters. The molecule has 3 amide bonds. The van der Waals surface area contributed by atoms with Gasteiger partial charge in [-0.2, -0.15) is 0 Å². The summed E-state index contributed by atoms with van der Waals surface area (Å²) in [5.74, 6) is -0.0881. The molecule has 2 N–H and O–H groups in total. The maximum atomic E-state index is 13.4. The molecular weight excluding hydrogens is 371 g/mol. The van der Waals surface area contributed by atoms with E-state index in [4.69, 9.17) is 0 Å². The summed E-state index contributed by atoms with van der Waals surface area (Å²) in [5, 5.41) is 7.81. The van der Waals surface area contributed by atoms with Crippen molar-refractivity contribution >= 4 is 28.4 Å². The number of carbonyl (C=O) groups is 2. The van der Waals surface area contributed by atoms with E-state index in [0.717, 1.165) is 16.5 Å². The molecule has 1 aliphatic carbocycles. The van der Waals surface area contributed by atoms with Crippen LogP contribution in [0, 0.1) is 17.7 Å². The highest BCUT2D eigenvalue weighted by Gasteiger charge is 2.57. The molecular formula is C22H19FN4O2. The number of nitrogens with zero attached hydrogens (tertiary/aromatic N) is 2. The lowest BCUT2D eigenvalue weighted by Crippen LogP contribution is -2.39. The van der Waals surface area contributed by atoms with Crippen molar-refractivity contribution in [1.29, 1.82) is 0 Å². The highest BCUT2D eigenvalue weighted by molar-refractivity contribution is 6.01. The number of fused-ring (bicyclic) bond motifs is 2. The fourth-order valence-corrected chi connectivity index (χ4v) is 4.25. The summed E-state index contributed by atoms with van der Waals surface area (Å²) in [5.41, 5.74) is 1.09. The lowest BCUT2D eigenvalue weighted by molar-refractivity contribution is 0.0771. The molecule has 1 saturated carbocycles. The Hall–Kier alpha value is -3.48. The van der Waals surface area contributed by atoms with Gasteiger partial charge in [0.1, 0.15) is 5.82 Å². The quantitative estimate of drug-likeness (QED) is 0.721. The van der Waals surface area contributed by atoms with Gasteiger partial charge in [0.05, 0.1) is 5.69 Å². The predicted octanol–water partition coefficient (Wildman–Crippen LogP) is 3.27. The van der Waals surface area contributed by atoms with Crippen LogP contribution in [0.3, 0.4) is 0 Å². The highest BCUT2D eigenvalue weighted by Crippen LogP contribution is 2.45. The smallest absolute Gasteiger partial charge is 0.319 e. The van der Waals surface area contributed by atoms with E-state index in [2.05, 4.69) is 15.6 Å². The third-order valence-electron chi connectivity index (χ3n) is 5.78. The number of benzene rings is 2. The van der Waals surface area contributed by atoms with Crippen LogP contribution in [0.15, 0.2) is 60.9 Å². The van der Waals surface area contributed by atoms with Gasteiger partial charge < -0.3 is 15.5 Å². The van der Waals surface area contributed by atoms with Gasteiger partial charge in [-0.3, -0.25) is 9.78 Å². The minimum atomic E-state index is -0.416. The van der Waals surface area contributed by atoms with E-state index in [9.17, 15) is 14.0 Å². The van der Waals surface area contributed by atoms with Gasteiger partial charge in [-0.25, -0.2) is 9.18 Å². The number of aromatic nitrogens is 1. The maximum absolute atomic E-state index is 13.4. The molecule has 1 aromatic heterocycles. The van der Waals surface area contributed by atoms with Crippen molar-refractivity contribution in [3.05, 3.63) is 72.3 Å². The van der Waals surface area contributed by atoms with E-state index in [0.29, 0.717) is 18.7 Å². The second-order valence-electron chi connectivity index (χ2n) is 7.57. The summed E-state index contributed by atoms with van der Waals surface area (Å²) in [6, 6.07) is 13.1. The normalized spacial score (nSPS) is 22.2. The van der Waals surface area contributed by atoms with Crippen LogP contribution < -0.4 is 10.6 Å². The van der Waals surface area contributed by atoms with Crippen LogP contribution in [-0.2, 0) is 0 Å². The second-order valence-corrected chi connectivity index (χ2v) is 7.57. The van der Waals surface area contributed by atoms with Gasteiger partial charge in [0.2, 0.25) is 0 Å². The molecule has 1 aliphatic heterocycles. The van der Waals surface area contributed by atoms with Crippen molar-refractivity contribution in [2.24, 2.45) is 11.8 Å². The molecule has 146 valence electrons. The van der Waals surface area contributed by atoms with Crippen LogP contribution >= 0.6 is 0 Å². The number of hydrogen-bond donors (Lipinski definition) is 2. The molecule has 7 heteroatoms. The number of anilines is 1. The summed E-state index contributed by atoms with van der Waals surface area (Å²) >= 11 is 0. The maximum Gasteiger partial charge on any atom is 0.319 e. The molecule has 3 aromatic rings. The molecule has 29 heavy (non-hydrogen) atoms. The number of halogens is 1. The molecule has 0 bridgehead atoms. The molecule has 2 heterocycles. The van der Waals surface area contributed by atoms with E-state index in [-0.39, 0.29) is 29.8 Å². The molecule has 1 saturated heterocycles. The molecule has 0 radical (unpaired) electrons. The Morgan fingerprint density at radius 2 is 1.86 bits per heavy atom. The first-order chi connectivity index (χ1) is 14.1. The zero-order valence-corrected chi connectivity index (χ0v) is 15.5. The fourth-order valence-electron chi connectivity index (χ4n) is 4.25. The van der Waals surface area contributed by atoms with E-state index >= 15 is 0 Å². The fraction of sp³-hybridized carbons (Fsp3) is 0.227. The largest absolute Gasteiger partial charge is 0.338 e. The minimum absolute atomic E-state index is 0.0585. The van der Waals surface area contributed by atoms with Gasteiger partial charge in [-0.05, 0) is 30.3 Å². The summed E-state index contributed by atoms with van der Waals surface area (Å²) < 4.78 is 13.4. The Kier molecular flexibility index (Phi) is 4.16. The number of piperidine rings is 1. The van der Waals surface area contributed by atoms with Gasteiger partial charge in [0.25, 0.3) is 5.91 Å². The van der Waals surface area contributed by atoms with Gasteiger partial charge in [0.15, 0.2) is 0 Å². The molecule has 0 spiro atoms. The molecule has 2 aromatic carbocycles.